The number of aromatic nitrogens is 4. The summed E-state index contributed by atoms with van der Waals surface area (Å²) in [6.45, 7) is 2.10. The van der Waals surface area contributed by atoms with Gasteiger partial charge in [-0.3, -0.25) is 4.79 Å². The summed E-state index contributed by atoms with van der Waals surface area (Å²) in [5, 5.41) is 24.6. The molecule has 0 aliphatic heterocycles. The molecule has 1 atom stereocenters. The van der Waals surface area contributed by atoms with Crippen LogP contribution in [0.25, 0.3) is 5.69 Å². The zero-order valence-electron chi connectivity index (χ0n) is 14.9. The number of hydrogen-bond donors (Lipinski definition) is 2. The first kappa shape index (κ1) is 18.9. The summed E-state index contributed by atoms with van der Waals surface area (Å²) in [6, 6.07) is 16.5. The fourth-order valence-electron chi connectivity index (χ4n) is 2.69. The number of rotatable bonds is 8. The lowest BCUT2D eigenvalue weighted by molar-refractivity contribution is -0.119. The van der Waals surface area contributed by atoms with Gasteiger partial charge in [-0.1, -0.05) is 55.4 Å². The van der Waals surface area contributed by atoms with Crippen molar-refractivity contribution < 1.29 is 9.90 Å². The maximum atomic E-state index is 12.4. The molecule has 0 bridgehead atoms. The van der Waals surface area contributed by atoms with E-state index in [1.165, 1.54) is 16.4 Å². The smallest absolute Gasteiger partial charge is 0.230 e. The summed E-state index contributed by atoms with van der Waals surface area (Å²) >= 11 is 1.27. The summed E-state index contributed by atoms with van der Waals surface area (Å²) in [5.74, 6) is 0.316. The van der Waals surface area contributed by atoms with Crippen molar-refractivity contribution in [3.05, 3.63) is 60.2 Å². The molecule has 140 valence electrons. The van der Waals surface area contributed by atoms with Crippen LogP contribution in [-0.4, -0.2) is 37.0 Å². The molecule has 0 spiro atoms. The lowest BCUT2D eigenvalue weighted by Gasteiger charge is -2.18. The number of hydrogen-bond acceptors (Lipinski definition) is 6. The molecule has 0 saturated heterocycles. The number of phenolic OH excluding ortho intramolecular Hbond substituents is 1. The van der Waals surface area contributed by atoms with Gasteiger partial charge in [0.05, 0.1) is 17.5 Å². The van der Waals surface area contributed by atoms with Crippen LogP contribution in [0.3, 0.4) is 0 Å². The largest absolute Gasteiger partial charge is 0.508 e. The van der Waals surface area contributed by atoms with Gasteiger partial charge in [-0.15, -0.1) is 5.10 Å². The Kier molecular flexibility index (Phi) is 6.43. The van der Waals surface area contributed by atoms with E-state index in [1.807, 2.05) is 30.3 Å². The van der Waals surface area contributed by atoms with Gasteiger partial charge in [0.15, 0.2) is 0 Å². The van der Waals surface area contributed by atoms with E-state index >= 15 is 0 Å². The van der Waals surface area contributed by atoms with Crippen LogP contribution in [0.4, 0.5) is 0 Å². The first-order valence-corrected chi connectivity index (χ1v) is 9.71. The number of benzene rings is 2. The Bertz CT molecular complexity index is 867. The molecule has 1 heterocycles. The Hall–Kier alpha value is -2.87. The van der Waals surface area contributed by atoms with Crippen molar-refractivity contribution in [2.24, 2.45) is 0 Å². The van der Waals surface area contributed by atoms with Gasteiger partial charge in [0.1, 0.15) is 5.75 Å². The van der Waals surface area contributed by atoms with Gasteiger partial charge in [-0.05, 0) is 46.7 Å². The number of thioether (sulfide) groups is 1. The van der Waals surface area contributed by atoms with Crippen LogP contribution in [0.2, 0.25) is 0 Å². The highest BCUT2D eigenvalue weighted by Crippen LogP contribution is 2.21. The Labute approximate surface area is 161 Å². The minimum absolute atomic E-state index is 0.00241. The predicted octanol–water partition coefficient (Wildman–Crippen LogP) is 3.12. The molecule has 0 aliphatic rings. The minimum Gasteiger partial charge on any atom is -0.508 e. The van der Waals surface area contributed by atoms with E-state index in [9.17, 15) is 9.90 Å². The van der Waals surface area contributed by atoms with Crippen LogP contribution in [0.15, 0.2) is 59.8 Å². The number of aromatic hydroxyl groups is 1. The van der Waals surface area contributed by atoms with Crippen molar-refractivity contribution in [2.75, 3.05) is 5.75 Å². The summed E-state index contributed by atoms with van der Waals surface area (Å²) in [6.07, 6.45) is 1.86. The lowest BCUT2D eigenvalue weighted by atomic mass is 10.0. The summed E-state index contributed by atoms with van der Waals surface area (Å²) < 4.78 is 1.54. The SMILES string of the molecule is CCCC(NC(=O)CSc1nnnn1-c1ccc(O)cc1)c1ccccc1. The molecule has 0 fully saturated rings. The van der Waals surface area contributed by atoms with E-state index < -0.39 is 0 Å². The zero-order valence-corrected chi connectivity index (χ0v) is 15.8. The standard InChI is InChI=1S/C19H21N5O2S/c1-2-6-17(14-7-4-3-5-8-14)20-18(26)13-27-19-21-22-23-24(19)15-9-11-16(25)12-10-15/h3-5,7-12,17,25H,2,6,13H2,1H3,(H,20,26). The Morgan fingerprint density at radius 1 is 1.19 bits per heavy atom. The fourth-order valence-corrected chi connectivity index (χ4v) is 3.39. The maximum Gasteiger partial charge on any atom is 0.230 e. The second-order valence-electron chi connectivity index (χ2n) is 6.00. The molecular formula is C19H21N5O2S. The monoisotopic (exact) mass is 383 g/mol. The van der Waals surface area contributed by atoms with E-state index in [-0.39, 0.29) is 23.5 Å². The molecular weight excluding hydrogens is 362 g/mol. The molecule has 3 rings (SSSR count). The van der Waals surface area contributed by atoms with Crippen molar-refractivity contribution in [1.82, 2.24) is 25.5 Å². The van der Waals surface area contributed by atoms with Crippen LogP contribution < -0.4 is 5.32 Å². The molecule has 7 nitrogen and oxygen atoms in total. The van der Waals surface area contributed by atoms with Crippen molar-refractivity contribution in [2.45, 2.75) is 31.0 Å². The lowest BCUT2D eigenvalue weighted by Crippen LogP contribution is -2.30. The van der Waals surface area contributed by atoms with E-state index in [0.29, 0.717) is 10.8 Å². The van der Waals surface area contributed by atoms with Crippen molar-refractivity contribution in [3.63, 3.8) is 0 Å². The third-order valence-corrected chi connectivity index (χ3v) is 4.90. The maximum absolute atomic E-state index is 12.4. The molecule has 2 aromatic carbocycles. The van der Waals surface area contributed by atoms with Gasteiger partial charge in [0.25, 0.3) is 0 Å². The zero-order chi connectivity index (χ0) is 19.1. The number of carbonyl (C=O) groups excluding carboxylic acids is 1. The van der Waals surface area contributed by atoms with Crippen LogP contribution in [0.1, 0.15) is 31.4 Å². The normalized spacial score (nSPS) is 11.9. The summed E-state index contributed by atoms with van der Waals surface area (Å²) in [5.41, 5.74) is 1.82. The van der Waals surface area contributed by atoms with E-state index in [1.54, 1.807) is 24.3 Å². The molecule has 1 aromatic heterocycles. The number of phenols is 1. The van der Waals surface area contributed by atoms with Crippen LogP contribution in [0.5, 0.6) is 5.75 Å². The first-order chi connectivity index (χ1) is 13.2. The van der Waals surface area contributed by atoms with Gasteiger partial charge in [0.2, 0.25) is 11.1 Å². The highest BCUT2D eigenvalue weighted by molar-refractivity contribution is 7.99. The third-order valence-electron chi connectivity index (χ3n) is 3.98. The Morgan fingerprint density at radius 2 is 1.93 bits per heavy atom. The molecule has 3 aromatic rings. The summed E-state index contributed by atoms with van der Waals surface area (Å²) in [4.78, 5) is 12.4. The van der Waals surface area contributed by atoms with Crippen LogP contribution in [0, 0.1) is 0 Å². The second-order valence-corrected chi connectivity index (χ2v) is 6.94. The highest BCUT2D eigenvalue weighted by Gasteiger charge is 2.16. The summed E-state index contributed by atoms with van der Waals surface area (Å²) in [7, 11) is 0. The number of nitrogens with one attached hydrogen (secondary N) is 1. The molecule has 2 N–H and O–H groups in total. The fraction of sp³-hybridized carbons (Fsp3) is 0.263. The highest BCUT2D eigenvalue weighted by atomic mass is 32.2. The van der Waals surface area contributed by atoms with Gasteiger partial charge >= 0.3 is 0 Å². The van der Waals surface area contributed by atoms with E-state index in [4.69, 9.17) is 0 Å². The van der Waals surface area contributed by atoms with Gasteiger partial charge in [0, 0.05) is 0 Å². The first-order valence-electron chi connectivity index (χ1n) is 8.72. The number of nitrogens with zero attached hydrogens (tertiary/aromatic N) is 4. The van der Waals surface area contributed by atoms with Gasteiger partial charge < -0.3 is 10.4 Å². The molecule has 0 radical (unpaired) electrons. The Morgan fingerprint density at radius 3 is 2.63 bits per heavy atom. The molecule has 0 aliphatic carbocycles. The third kappa shape index (κ3) is 5.07. The predicted molar refractivity (Wildman–Crippen MR) is 104 cm³/mol. The average Bonchev–Trinajstić information content (AvgIpc) is 3.16. The molecule has 1 unspecified atom stereocenters. The van der Waals surface area contributed by atoms with Crippen LogP contribution in [-0.2, 0) is 4.79 Å². The van der Waals surface area contributed by atoms with Crippen LogP contribution >= 0.6 is 11.8 Å². The average molecular weight is 383 g/mol. The van der Waals surface area contributed by atoms with Gasteiger partial charge in [-0.2, -0.15) is 4.68 Å². The van der Waals surface area contributed by atoms with Crippen molar-refractivity contribution >= 4 is 17.7 Å². The molecule has 27 heavy (non-hydrogen) atoms. The molecule has 0 saturated carbocycles. The number of carbonyl (C=O) groups is 1. The Balaban J connectivity index is 1.62. The van der Waals surface area contributed by atoms with Crippen molar-refractivity contribution in [1.29, 1.82) is 0 Å². The molecule has 1 amide bonds. The second kappa shape index (κ2) is 9.18. The molecule has 8 heteroatoms. The topological polar surface area (TPSA) is 92.9 Å². The van der Waals surface area contributed by atoms with E-state index in [2.05, 4.69) is 27.8 Å². The quantitative estimate of drug-likeness (QED) is 0.581. The van der Waals surface area contributed by atoms with E-state index in [0.717, 1.165) is 18.4 Å². The van der Waals surface area contributed by atoms with Crippen molar-refractivity contribution in [3.8, 4) is 11.4 Å². The van der Waals surface area contributed by atoms with Gasteiger partial charge in [-0.25, -0.2) is 0 Å². The number of tetrazole rings is 1. The number of amides is 1. The minimum atomic E-state index is -0.0671.